The summed E-state index contributed by atoms with van der Waals surface area (Å²) >= 11 is 0. The summed E-state index contributed by atoms with van der Waals surface area (Å²) in [5.41, 5.74) is -8.67. The van der Waals surface area contributed by atoms with E-state index in [2.05, 4.69) is 15.2 Å². The van der Waals surface area contributed by atoms with Gasteiger partial charge in [0.2, 0.25) is 11.5 Å². The summed E-state index contributed by atoms with van der Waals surface area (Å²) in [6.07, 6.45) is -12.5. The van der Waals surface area contributed by atoms with E-state index in [1.54, 1.807) is 30.3 Å². The zero-order valence-corrected chi connectivity index (χ0v) is 28.9. The number of halogens is 6. The number of hydrogen-bond donors (Lipinski definition) is 0. The van der Waals surface area contributed by atoms with Crippen molar-refractivity contribution in [3.05, 3.63) is 65.6 Å². The average Bonchev–Trinajstić information content (AvgIpc) is 3.46. The monoisotopic (exact) mass is 728 g/mol. The third-order valence-electron chi connectivity index (χ3n) is 7.04. The van der Waals surface area contributed by atoms with Gasteiger partial charge in [-0.15, -0.1) is 10.2 Å². The van der Waals surface area contributed by atoms with Crippen LogP contribution < -0.4 is 9.64 Å². The van der Waals surface area contributed by atoms with Gasteiger partial charge in [-0.2, -0.15) is 31.2 Å². The molecule has 2 aromatic heterocycles. The standard InChI is InChI=1S/C34H38F6N4O7/c1-20-14-10-9-13-17-32(34(38,39)40,47-19-21-15-11-8-12-16-21)27-43-42-26(49-27)24-23(18-22(33(35,36)37)25(41-24)48-20)44(28(45)50-30(2,3)4)29(46)51-31(5,6)7/h8-12,15-16,18,20H,13-14,17,19H2,1-7H3/b10-9-/t20-,32-/m1/s1. The minimum atomic E-state index is -5.18. The van der Waals surface area contributed by atoms with Gasteiger partial charge in [0.05, 0.1) is 12.3 Å². The number of rotatable bonds is 4. The van der Waals surface area contributed by atoms with Crippen LogP contribution in [0.15, 0.2) is 53.0 Å². The molecule has 17 heteroatoms. The molecule has 2 amide bonds. The summed E-state index contributed by atoms with van der Waals surface area (Å²) in [7, 11) is 0. The molecule has 1 aliphatic heterocycles. The van der Waals surface area contributed by atoms with Crippen LogP contribution in [0.4, 0.5) is 41.6 Å². The number of allylic oxidation sites excluding steroid dienone is 1. The molecule has 11 nitrogen and oxygen atoms in total. The summed E-state index contributed by atoms with van der Waals surface area (Å²) in [6, 6.07) is 8.35. The largest absolute Gasteiger partial charge is 0.474 e. The van der Waals surface area contributed by atoms with E-state index in [1.807, 2.05) is 0 Å². The van der Waals surface area contributed by atoms with Crippen molar-refractivity contribution in [2.45, 2.75) is 110 Å². The summed E-state index contributed by atoms with van der Waals surface area (Å²) in [5.74, 6) is -3.03. The van der Waals surface area contributed by atoms with Crippen molar-refractivity contribution in [3.8, 4) is 17.5 Å². The fraction of sp³-hybridized carbons (Fsp3) is 0.500. The minimum absolute atomic E-state index is 0.0275. The quantitative estimate of drug-likeness (QED) is 0.190. The Labute approximate surface area is 289 Å². The number of carbonyl (C=O) groups is 2. The van der Waals surface area contributed by atoms with Crippen LogP contribution in [0.25, 0.3) is 11.6 Å². The van der Waals surface area contributed by atoms with Gasteiger partial charge < -0.3 is 23.4 Å². The predicted molar refractivity (Wildman–Crippen MR) is 170 cm³/mol. The zero-order chi connectivity index (χ0) is 38.0. The number of nitrogens with zero attached hydrogens (tertiary/aromatic N) is 4. The second kappa shape index (κ2) is 14.5. The zero-order valence-electron chi connectivity index (χ0n) is 28.9. The van der Waals surface area contributed by atoms with Crippen LogP contribution in [0.1, 0.15) is 84.7 Å². The summed E-state index contributed by atoms with van der Waals surface area (Å²) < 4.78 is 117. The molecule has 278 valence electrons. The van der Waals surface area contributed by atoms with Gasteiger partial charge in [0, 0.05) is 6.42 Å². The molecule has 0 saturated carbocycles. The molecule has 4 rings (SSSR count). The number of amides is 2. The Kier molecular flexibility index (Phi) is 11.1. The normalized spacial score (nSPS) is 19.4. The van der Waals surface area contributed by atoms with E-state index in [-0.39, 0.29) is 17.7 Å². The van der Waals surface area contributed by atoms with Gasteiger partial charge in [-0.1, -0.05) is 42.5 Å². The van der Waals surface area contributed by atoms with Crippen molar-refractivity contribution in [2.24, 2.45) is 0 Å². The van der Waals surface area contributed by atoms with Crippen LogP contribution in [0.5, 0.6) is 5.88 Å². The number of aromatic nitrogens is 3. The minimum Gasteiger partial charge on any atom is -0.474 e. The van der Waals surface area contributed by atoms with Crippen molar-refractivity contribution < 1.29 is 59.3 Å². The first-order valence-electron chi connectivity index (χ1n) is 15.8. The van der Waals surface area contributed by atoms with Gasteiger partial charge in [0.1, 0.15) is 22.9 Å². The van der Waals surface area contributed by atoms with Gasteiger partial charge in [-0.05, 0) is 72.9 Å². The topological polar surface area (TPSA) is 126 Å². The lowest BCUT2D eigenvalue weighted by atomic mass is 9.95. The number of fused-ring (bicyclic) bond motifs is 5. The van der Waals surface area contributed by atoms with Crippen LogP contribution in [0, 0.1) is 0 Å². The SMILES string of the molecule is C[C@@H]1C/C=C\CC[C@](OCc2ccccc2)(C(F)(F)F)c2nnc(o2)-c2nc(c(C(F)(F)F)cc2N(C(=O)OC(C)(C)C)C(=O)OC(C)(C)C)O1. The summed E-state index contributed by atoms with van der Waals surface area (Å²) in [6.45, 7) is 9.51. The van der Waals surface area contributed by atoms with E-state index in [0.717, 1.165) is 0 Å². The molecule has 51 heavy (non-hydrogen) atoms. The lowest BCUT2D eigenvalue weighted by molar-refractivity contribution is -0.299. The van der Waals surface area contributed by atoms with E-state index < -0.39 is 95.1 Å². The third kappa shape index (κ3) is 9.56. The van der Waals surface area contributed by atoms with Crippen molar-refractivity contribution in [1.82, 2.24) is 15.2 Å². The Morgan fingerprint density at radius 2 is 1.53 bits per heavy atom. The molecular weight excluding hydrogens is 690 g/mol. The highest BCUT2D eigenvalue weighted by Gasteiger charge is 2.61. The Morgan fingerprint density at radius 3 is 2.08 bits per heavy atom. The van der Waals surface area contributed by atoms with Crippen molar-refractivity contribution in [1.29, 1.82) is 0 Å². The third-order valence-corrected chi connectivity index (χ3v) is 7.04. The molecule has 2 atom stereocenters. The molecule has 3 aromatic rings. The molecule has 4 bridgehead atoms. The Bertz CT molecular complexity index is 1700. The number of hydrogen-bond acceptors (Lipinski definition) is 10. The average molecular weight is 729 g/mol. The van der Waals surface area contributed by atoms with Gasteiger partial charge in [0.25, 0.3) is 11.8 Å². The maximum Gasteiger partial charge on any atom is 0.426 e. The van der Waals surface area contributed by atoms with Gasteiger partial charge >= 0.3 is 24.5 Å². The lowest BCUT2D eigenvalue weighted by Gasteiger charge is -2.32. The number of ether oxygens (including phenoxy) is 4. The van der Waals surface area contributed by atoms with Crippen molar-refractivity contribution in [3.63, 3.8) is 0 Å². The van der Waals surface area contributed by atoms with Crippen LogP contribution >= 0.6 is 0 Å². The number of anilines is 1. The van der Waals surface area contributed by atoms with E-state index in [9.17, 15) is 22.8 Å². The smallest absolute Gasteiger partial charge is 0.426 e. The number of pyridine rings is 1. The number of alkyl halides is 6. The molecule has 0 N–H and O–H groups in total. The van der Waals surface area contributed by atoms with Crippen LogP contribution in [0.2, 0.25) is 0 Å². The number of carbonyl (C=O) groups excluding carboxylic acids is 2. The van der Waals surface area contributed by atoms with E-state index in [4.69, 9.17) is 23.4 Å². The molecule has 3 heterocycles. The molecule has 0 radical (unpaired) electrons. The Balaban J connectivity index is 2.04. The van der Waals surface area contributed by atoms with Gasteiger partial charge in [-0.3, -0.25) is 0 Å². The molecule has 0 saturated heterocycles. The number of imide groups is 1. The van der Waals surface area contributed by atoms with Gasteiger partial charge in [0.15, 0.2) is 5.69 Å². The highest BCUT2D eigenvalue weighted by atomic mass is 19.4. The molecule has 0 fully saturated rings. The molecule has 1 aliphatic rings. The van der Waals surface area contributed by atoms with Crippen molar-refractivity contribution in [2.75, 3.05) is 4.90 Å². The van der Waals surface area contributed by atoms with Crippen LogP contribution in [0.3, 0.4) is 0 Å². The van der Waals surface area contributed by atoms with Crippen LogP contribution in [-0.4, -0.2) is 50.9 Å². The second-order valence-corrected chi connectivity index (χ2v) is 13.7. The Hall–Kier alpha value is -4.67. The maximum atomic E-state index is 15.2. The molecule has 1 aromatic carbocycles. The predicted octanol–water partition coefficient (Wildman–Crippen LogP) is 9.31. The molecule has 0 unspecified atom stereocenters. The molecule has 0 aliphatic carbocycles. The second-order valence-electron chi connectivity index (χ2n) is 13.7. The highest BCUT2D eigenvalue weighted by Crippen LogP contribution is 2.48. The van der Waals surface area contributed by atoms with E-state index >= 15 is 13.2 Å². The lowest BCUT2D eigenvalue weighted by Crippen LogP contribution is -2.45. The molecular formula is C34H38F6N4O7. The van der Waals surface area contributed by atoms with Gasteiger partial charge in [-0.25, -0.2) is 14.6 Å². The highest BCUT2D eigenvalue weighted by molar-refractivity contribution is 6.11. The first-order chi connectivity index (χ1) is 23.5. The van der Waals surface area contributed by atoms with E-state index in [1.165, 1.54) is 60.6 Å². The van der Waals surface area contributed by atoms with Crippen molar-refractivity contribution >= 4 is 17.9 Å². The first-order valence-corrected chi connectivity index (χ1v) is 15.8. The number of benzene rings is 1. The maximum absolute atomic E-state index is 15.2. The first kappa shape index (κ1) is 39.1. The fourth-order valence-electron chi connectivity index (χ4n) is 4.77. The van der Waals surface area contributed by atoms with Crippen LogP contribution in [-0.2, 0) is 32.6 Å². The van der Waals surface area contributed by atoms with E-state index in [0.29, 0.717) is 11.6 Å². The fourth-order valence-corrected chi connectivity index (χ4v) is 4.77. The Morgan fingerprint density at radius 1 is 0.922 bits per heavy atom. The molecule has 0 spiro atoms. The summed E-state index contributed by atoms with van der Waals surface area (Å²) in [4.78, 5) is 31.2. The summed E-state index contributed by atoms with van der Waals surface area (Å²) in [5, 5.41) is 7.37.